The van der Waals surface area contributed by atoms with Crippen LogP contribution in [0.3, 0.4) is 0 Å². The van der Waals surface area contributed by atoms with E-state index < -0.39 is 0 Å². The van der Waals surface area contributed by atoms with E-state index in [1.165, 1.54) is 11.8 Å². The minimum atomic E-state index is -0.364. The van der Waals surface area contributed by atoms with Crippen molar-refractivity contribution in [2.24, 2.45) is 0 Å². The number of thioether (sulfide) groups is 1. The van der Waals surface area contributed by atoms with Gasteiger partial charge in [-0.1, -0.05) is 41.2 Å². The number of fused-ring (bicyclic) bond motifs is 1. The van der Waals surface area contributed by atoms with Crippen molar-refractivity contribution in [2.45, 2.75) is 24.1 Å². The van der Waals surface area contributed by atoms with Crippen LogP contribution in [0.5, 0.6) is 0 Å². The number of rotatable bonds is 5. The highest BCUT2D eigenvalue weighted by Gasteiger charge is 2.19. The summed E-state index contributed by atoms with van der Waals surface area (Å²) in [5, 5.41) is 9.91. The summed E-state index contributed by atoms with van der Waals surface area (Å²) in [5.74, 6) is 1.57. The highest BCUT2D eigenvalue weighted by Crippen LogP contribution is 2.32. The second kappa shape index (κ2) is 7.50. The number of carbonyl (C=O) groups is 1. The summed E-state index contributed by atoms with van der Waals surface area (Å²) in [6, 6.07) is 13.5. The summed E-state index contributed by atoms with van der Waals surface area (Å²) in [6.07, 6.45) is 0. The number of aryl methyl sites for hydroxylation is 1. The van der Waals surface area contributed by atoms with Gasteiger partial charge < -0.3 is 9.84 Å². The Hall–Kier alpha value is -2.71. The molecule has 0 bridgehead atoms. The third-order valence-corrected chi connectivity index (χ3v) is 5.81. The lowest BCUT2D eigenvalue weighted by atomic mass is 10.2. The summed E-state index contributed by atoms with van der Waals surface area (Å²) < 4.78 is 4.99. The van der Waals surface area contributed by atoms with Gasteiger partial charge in [0.2, 0.25) is 5.91 Å². The number of carbonyl (C=O) groups excluding carboxylic acids is 1. The van der Waals surface area contributed by atoms with Gasteiger partial charge >= 0.3 is 0 Å². The lowest BCUT2D eigenvalue weighted by Crippen LogP contribution is -2.22. The van der Waals surface area contributed by atoms with Crippen LogP contribution in [0.4, 0.5) is 5.82 Å². The standard InChI is InChI=1S/C19H16N4O2S2/c1-11-10-16(23-25-11)21-18(24)12(2)27-19-13-6-3-4-7-14(13)20-17(22-19)15-8-5-9-26-15/h3-10,12H,1-2H3,(H,21,23,24)/t12-/m1/s1. The van der Waals surface area contributed by atoms with Crippen LogP contribution in [0, 0.1) is 6.92 Å². The molecule has 1 atom stereocenters. The van der Waals surface area contributed by atoms with Crippen LogP contribution in [0.1, 0.15) is 12.7 Å². The zero-order valence-corrected chi connectivity index (χ0v) is 16.3. The second-order valence-corrected chi connectivity index (χ2v) is 8.20. The van der Waals surface area contributed by atoms with E-state index in [0.29, 0.717) is 17.4 Å². The van der Waals surface area contributed by atoms with Crippen molar-refractivity contribution in [2.75, 3.05) is 5.32 Å². The lowest BCUT2D eigenvalue weighted by Gasteiger charge is -2.12. The molecule has 0 saturated carbocycles. The van der Waals surface area contributed by atoms with Gasteiger partial charge in [-0.05, 0) is 31.4 Å². The Bertz CT molecular complexity index is 1090. The topological polar surface area (TPSA) is 80.9 Å². The second-order valence-electron chi connectivity index (χ2n) is 5.92. The molecule has 0 aliphatic rings. The molecule has 3 heterocycles. The maximum atomic E-state index is 12.5. The summed E-state index contributed by atoms with van der Waals surface area (Å²) >= 11 is 2.99. The number of hydrogen-bond acceptors (Lipinski definition) is 7. The first-order chi connectivity index (χ1) is 13.1. The lowest BCUT2D eigenvalue weighted by molar-refractivity contribution is -0.115. The van der Waals surface area contributed by atoms with E-state index in [1.807, 2.05) is 48.7 Å². The number of para-hydroxylation sites is 1. The third-order valence-electron chi connectivity index (χ3n) is 3.85. The first-order valence-corrected chi connectivity index (χ1v) is 10.1. The molecule has 0 aliphatic carbocycles. The molecular weight excluding hydrogens is 380 g/mol. The minimum Gasteiger partial charge on any atom is -0.360 e. The fraction of sp³-hybridized carbons (Fsp3) is 0.158. The Kier molecular flexibility index (Phi) is 4.91. The first-order valence-electron chi connectivity index (χ1n) is 8.31. The normalized spacial score (nSPS) is 12.2. The average molecular weight is 396 g/mol. The SMILES string of the molecule is Cc1cc(NC(=O)[C@@H](C)Sc2nc(-c3cccs3)nc3ccccc23)no1. The fourth-order valence-electron chi connectivity index (χ4n) is 2.53. The van der Waals surface area contributed by atoms with Gasteiger partial charge in [0, 0.05) is 11.5 Å². The molecule has 8 heteroatoms. The van der Waals surface area contributed by atoms with Gasteiger partial charge in [0.1, 0.15) is 10.8 Å². The van der Waals surface area contributed by atoms with Crippen molar-refractivity contribution < 1.29 is 9.32 Å². The van der Waals surface area contributed by atoms with Crippen LogP contribution >= 0.6 is 23.1 Å². The van der Waals surface area contributed by atoms with E-state index in [2.05, 4.69) is 15.5 Å². The number of thiophene rings is 1. The molecule has 1 aromatic carbocycles. The molecule has 0 radical (unpaired) electrons. The molecular formula is C19H16N4O2S2. The maximum absolute atomic E-state index is 12.5. The third kappa shape index (κ3) is 3.86. The molecule has 0 aliphatic heterocycles. The summed E-state index contributed by atoms with van der Waals surface area (Å²) in [6.45, 7) is 3.62. The maximum Gasteiger partial charge on any atom is 0.238 e. The molecule has 27 heavy (non-hydrogen) atoms. The summed E-state index contributed by atoms with van der Waals surface area (Å²) in [5.41, 5.74) is 0.859. The Morgan fingerprint density at radius 2 is 2.07 bits per heavy atom. The van der Waals surface area contributed by atoms with Crippen molar-refractivity contribution in [1.82, 2.24) is 15.1 Å². The molecule has 1 N–H and O–H groups in total. The van der Waals surface area contributed by atoms with E-state index >= 15 is 0 Å². The molecule has 4 rings (SSSR count). The number of aromatic nitrogens is 3. The van der Waals surface area contributed by atoms with Gasteiger partial charge in [-0.15, -0.1) is 11.3 Å². The van der Waals surface area contributed by atoms with E-state index in [-0.39, 0.29) is 11.2 Å². The minimum absolute atomic E-state index is 0.159. The number of hydrogen-bond donors (Lipinski definition) is 1. The van der Waals surface area contributed by atoms with Crippen molar-refractivity contribution in [3.8, 4) is 10.7 Å². The molecule has 6 nitrogen and oxygen atoms in total. The molecule has 0 saturated heterocycles. The average Bonchev–Trinajstić information content (AvgIpc) is 3.33. The predicted octanol–water partition coefficient (Wildman–Crippen LogP) is 4.77. The molecule has 0 unspecified atom stereocenters. The highest BCUT2D eigenvalue weighted by molar-refractivity contribution is 8.00. The molecule has 4 aromatic rings. The number of nitrogens with one attached hydrogen (secondary N) is 1. The molecule has 0 fully saturated rings. The van der Waals surface area contributed by atoms with E-state index in [1.54, 1.807) is 24.3 Å². The van der Waals surface area contributed by atoms with Gasteiger partial charge in [0.25, 0.3) is 0 Å². The Labute approximate surface area is 164 Å². The van der Waals surface area contributed by atoms with Crippen LogP contribution in [-0.2, 0) is 4.79 Å². The zero-order valence-electron chi connectivity index (χ0n) is 14.7. The Morgan fingerprint density at radius 3 is 2.81 bits per heavy atom. The number of benzene rings is 1. The first kappa shape index (κ1) is 17.7. The Morgan fingerprint density at radius 1 is 1.22 bits per heavy atom. The van der Waals surface area contributed by atoms with Crippen molar-refractivity contribution >= 4 is 45.7 Å². The van der Waals surface area contributed by atoms with Gasteiger partial charge in [-0.25, -0.2) is 9.97 Å². The van der Waals surface area contributed by atoms with Crippen molar-refractivity contribution in [3.05, 3.63) is 53.6 Å². The molecule has 136 valence electrons. The van der Waals surface area contributed by atoms with Crippen LogP contribution in [0.2, 0.25) is 0 Å². The van der Waals surface area contributed by atoms with Gasteiger partial charge in [-0.2, -0.15) is 0 Å². The zero-order chi connectivity index (χ0) is 18.8. The van der Waals surface area contributed by atoms with Crippen LogP contribution in [-0.4, -0.2) is 26.3 Å². The smallest absolute Gasteiger partial charge is 0.238 e. The number of amides is 1. The van der Waals surface area contributed by atoms with Crippen LogP contribution < -0.4 is 5.32 Å². The van der Waals surface area contributed by atoms with Crippen LogP contribution in [0.25, 0.3) is 21.6 Å². The van der Waals surface area contributed by atoms with Gasteiger partial charge in [0.05, 0.1) is 15.6 Å². The van der Waals surface area contributed by atoms with Gasteiger partial charge in [0.15, 0.2) is 11.6 Å². The largest absolute Gasteiger partial charge is 0.360 e. The molecule has 0 spiro atoms. The van der Waals surface area contributed by atoms with Crippen molar-refractivity contribution in [1.29, 1.82) is 0 Å². The summed E-state index contributed by atoms with van der Waals surface area (Å²) in [4.78, 5) is 22.9. The van der Waals surface area contributed by atoms with E-state index in [0.717, 1.165) is 20.8 Å². The van der Waals surface area contributed by atoms with Gasteiger partial charge in [-0.3, -0.25) is 4.79 Å². The highest BCUT2D eigenvalue weighted by atomic mass is 32.2. The fourth-order valence-corrected chi connectivity index (χ4v) is 4.12. The van der Waals surface area contributed by atoms with Crippen LogP contribution in [0.15, 0.2) is 57.4 Å². The number of anilines is 1. The van der Waals surface area contributed by atoms with E-state index in [9.17, 15) is 4.79 Å². The summed E-state index contributed by atoms with van der Waals surface area (Å²) in [7, 11) is 0. The number of nitrogens with zero attached hydrogens (tertiary/aromatic N) is 3. The monoisotopic (exact) mass is 396 g/mol. The molecule has 3 aromatic heterocycles. The quantitative estimate of drug-likeness (QED) is 0.386. The van der Waals surface area contributed by atoms with Crippen molar-refractivity contribution in [3.63, 3.8) is 0 Å². The Balaban J connectivity index is 1.63. The van der Waals surface area contributed by atoms with E-state index in [4.69, 9.17) is 9.51 Å². The predicted molar refractivity (Wildman–Crippen MR) is 108 cm³/mol. The molecule has 1 amide bonds.